The molecule has 10 nitrogen and oxygen atoms in total. The molecule has 10 heteroatoms. The number of benzene rings is 1. The van der Waals surface area contributed by atoms with Crippen LogP contribution in [0, 0.1) is 5.92 Å². The number of carboxylic acid groups (broad SMARTS) is 1. The van der Waals surface area contributed by atoms with E-state index >= 15 is 0 Å². The Morgan fingerprint density at radius 2 is 1.81 bits per heavy atom. The highest BCUT2D eigenvalue weighted by Crippen LogP contribution is 2.26. The van der Waals surface area contributed by atoms with Crippen molar-refractivity contribution in [2.45, 2.75) is 70.6 Å². The van der Waals surface area contributed by atoms with Gasteiger partial charge >= 0.3 is 12.1 Å². The molecule has 200 valence electrons. The molecule has 1 aromatic carbocycles. The van der Waals surface area contributed by atoms with Crippen molar-refractivity contribution in [2.75, 3.05) is 19.6 Å². The number of hydrogen-bond donors (Lipinski definition) is 3. The van der Waals surface area contributed by atoms with Crippen LogP contribution in [0.15, 0.2) is 30.5 Å². The first-order valence-corrected chi connectivity index (χ1v) is 12.9. The monoisotopic (exact) mass is 512 g/mol. The van der Waals surface area contributed by atoms with E-state index in [0.29, 0.717) is 38.9 Å². The number of piperidine rings is 1. The average Bonchev–Trinajstić information content (AvgIpc) is 3.50. The minimum Gasteiger partial charge on any atom is -0.480 e. The summed E-state index contributed by atoms with van der Waals surface area (Å²) >= 11 is 0. The molecule has 0 aliphatic carbocycles. The number of para-hydroxylation sites is 1. The van der Waals surface area contributed by atoms with Crippen molar-refractivity contribution >= 4 is 34.8 Å². The fourth-order valence-corrected chi connectivity index (χ4v) is 5.15. The second-order valence-corrected chi connectivity index (χ2v) is 10.9. The Bertz CT molecular complexity index is 1160. The summed E-state index contributed by atoms with van der Waals surface area (Å²) in [5.41, 5.74) is 1.10. The molecule has 2 aliphatic rings. The topological polar surface area (TPSA) is 132 Å². The molecule has 0 saturated carbocycles. The Hall–Kier alpha value is -3.56. The molecule has 0 radical (unpaired) electrons. The Kier molecular flexibility index (Phi) is 7.75. The summed E-state index contributed by atoms with van der Waals surface area (Å²) in [6.45, 7) is 6.64. The third-order valence-corrected chi connectivity index (χ3v) is 7.06. The lowest BCUT2D eigenvalue weighted by Crippen LogP contribution is -2.52. The van der Waals surface area contributed by atoms with Crippen LogP contribution < -0.4 is 5.32 Å². The number of nitrogens with zero attached hydrogens (tertiary/aromatic N) is 2. The molecule has 3 heterocycles. The third-order valence-electron chi connectivity index (χ3n) is 7.06. The lowest BCUT2D eigenvalue weighted by molar-refractivity contribution is -0.143. The third kappa shape index (κ3) is 6.23. The highest BCUT2D eigenvalue weighted by atomic mass is 16.6. The summed E-state index contributed by atoms with van der Waals surface area (Å²) in [5, 5.41) is 13.4. The molecule has 2 fully saturated rings. The van der Waals surface area contributed by atoms with Crippen LogP contribution >= 0.6 is 0 Å². The molecule has 4 rings (SSSR count). The van der Waals surface area contributed by atoms with Gasteiger partial charge in [0.15, 0.2) is 0 Å². The van der Waals surface area contributed by atoms with Crippen molar-refractivity contribution in [1.29, 1.82) is 0 Å². The molecule has 37 heavy (non-hydrogen) atoms. The molecule has 2 aromatic rings. The maximum absolute atomic E-state index is 13.2. The number of ether oxygens (including phenoxy) is 1. The van der Waals surface area contributed by atoms with Gasteiger partial charge in [-0.2, -0.15) is 0 Å². The minimum absolute atomic E-state index is 0.120. The van der Waals surface area contributed by atoms with Crippen molar-refractivity contribution in [2.24, 2.45) is 5.92 Å². The lowest BCUT2D eigenvalue weighted by Gasteiger charge is -2.35. The van der Waals surface area contributed by atoms with E-state index in [0.717, 1.165) is 22.9 Å². The number of rotatable bonds is 6. The van der Waals surface area contributed by atoms with E-state index in [1.54, 1.807) is 31.9 Å². The summed E-state index contributed by atoms with van der Waals surface area (Å²) in [6.07, 6.45) is 3.68. The van der Waals surface area contributed by atoms with E-state index in [9.17, 15) is 24.3 Å². The van der Waals surface area contributed by atoms with Crippen LogP contribution in [0.25, 0.3) is 10.9 Å². The second kappa shape index (κ2) is 10.8. The number of aliphatic carboxylic acids is 1. The first-order chi connectivity index (χ1) is 17.5. The largest absolute Gasteiger partial charge is 0.480 e. The molecule has 2 atom stereocenters. The minimum atomic E-state index is -1.09. The van der Waals surface area contributed by atoms with E-state index < -0.39 is 29.7 Å². The molecule has 1 aromatic heterocycles. The quantitative estimate of drug-likeness (QED) is 0.545. The predicted molar refractivity (Wildman–Crippen MR) is 137 cm³/mol. The normalized spacial score (nSPS) is 19.6. The lowest BCUT2D eigenvalue weighted by atomic mass is 9.94. The van der Waals surface area contributed by atoms with E-state index in [1.807, 2.05) is 24.3 Å². The van der Waals surface area contributed by atoms with E-state index in [-0.39, 0.29) is 24.2 Å². The number of H-pyrrole nitrogens is 1. The fourth-order valence-electron chi connectivity index (χ4n) is 5.15. The van der Waals surface area contributed by atoms with Gasteiger partial charge in [-0.05, 0) is 58.1 Å². The Morgan fingerprint density at radius 1 is 1.11 bits per heavy atom. The van der Waals surface area contributed by atoms with Crippen molar-refractivity contribution in [3.8, 4) is 0 Å². The summed E-state index contributed by atoms with van der Waals surface area (Å²) in [6, 6.07) is 6.03. The molecule has 3 N–H and O–H groups in total. The molecule has 2 saturated heterocycles. The van der Waals surface area contributed by atoms with Crippen molar-refractivity contribution < 1.29 is 29.0 Å². The SMILES string of the molecule is CC(C)(C)OC(=O)N1CCCC1C(=O)N1CCC(C(=O)NC(Cc2c[nH]c3ccccc23)C(=O)O)CC1. The molecule has 2 unspecified atom stereocenters. The van der Waals surface area contributed by atoms with Crippen LogP contribution in [0.1, 0.15) is 52.0 Å². The van der Waals surface area contributed by atoms with Gasteiger partial charge in [-0.3, -0.25) is 14.5 Å². The van der Waals surface area contributed by atoms with Crippen molar-refractivity contribution in [3.63, 3.8) is 0 Å². The number of amides is 3. The predicted octanol–water partition coefficient (Wildman–Crippen LogP) is 2.92. The number of carbonyl (C=O) groups excluding carboxylic acids is 3. The molecule has 3 amide bonds. The number of nitrogens with one attached hydrogen (secondary N) is 2. The van der Waals surface area contributed by atoms with Crippen LogP contribution in [0.3, 0.4) is 0 Å². The van der Waals surface area contributed by atoms with Crippen molar-refractivity contribution in [3.05, 3.63) is 36.0 Å². The Balaban J connectivity index is 1.31. The first kappa shape index (κ1) is 26.5. The van der Waals surface area contributed by atoms with E-state index in [1.165, 1.54) is 4.90 Å². The Labute approximate surface area is 216 Å². The molecular weight excluding hydrogens is 476 g/mol. The van der Waals surface area contributed by atoms with Gasteiger partial charge in [0, 0.05) is 49.1 Å². The highest BCUT2D eigenvalue weighted by Gasteiger charge is 2.40. The van der Waals surface area contributed by atoms with Gasteiger partial charge in [-0.25, -0.2) is 9.59 Å². The average molecular weight is 513 g/mol. The maximum atomic E-state index is 13.2. The smallest absolute Gasteiger partial charge is 0.410 e. The van der Waals surface area contributed by atoms with Crippen LogP contribution in [0.2, 0.25) is 0 Å². The summed E-state index contributed by atoms with van der Waals surface area (Å²) in [4.78, 5) is 57.0. The van der Waals surface area contributed by atoms with Gasteiger partial charge in [0.05, 0.1) is 0 Å². The number of likely N-dealkylation sites (tertiary alicyclic amines) is 2. The Morgan fingerprint density at radius 3 is 2.49 bits per heavy atom. The molecule has 0 spiro atoms. The molecular formula is C27H36N4O6. The van der Waals surface area contributed by atoms with Gasteiger partial charge in [-0.15, -0.1) is 0 Å². The number of aromatic nitrogens is 1. The number of carbonyl (C=O) groups is 4. The van der Waals surface area contributed by atoms with Crippen LogP contribution in [0.4, 0.5) is 4.79 Å². The molecule has 2 aliphatic heterocycles. The zero-order chi connectivity index (χ0) is 26.7. The number of fused-ring (bicyclic) bond motifs is 1. The molecule has 0 bridgehead atoms. The van der Waals surface area contributed by atoms with Crippen molar-refractivity contribution in [1.82, 2.24) is 20.1 Å². The summed E-state index contributed by atoms with van der Waals surface area (Å²) < 4.78 is 5.47. The van der Waals surface area contributed by atoms with Gasteiger partial charge < -0.3 is 25.0 Å². The van der Waals surface area contributed by atoms with Crippen LogP contribution in [-0.2, 0) is 25.5 Å². The van der Waals surface area contributed by atoms with Gasteiger partial charge in [0.2, 0.25) is 11.8 Å². The first-order valence-electron chi connectivity index (χ1n) is 12.9. The number of aromatic amines is 1. The van der Waals surface area contributed by atoms with Gasteiger partial charge in [0.1, 0.15) is 17.7 Å². The van der Waals surface area contributed by atoms with E-state index in [2.05, 4.69) is 10.3 Å². The van der Waals surface area contributed by atoms with Crippen LogP contribution in [-0.4, -0.2) is 81.1 Å². The number of hydrogen-bond acceptors (Lipinski definition) is 5. The zero-order valence-corrected chi connectivity index (χ0v) is 21.7. The summed E-state index contributed by atoms with van der Waals surface area (Å²) in [5.74, 6) is -1.89. The zero-order valence-electron chi connectivity index (χ0n) is 21.7. The maximum Gasteiger partial charge on any atom is 0.410 e. The van der Waals surface area contributed by atoms with E-state index in [4.69, 9.17) is 4.74 Å². The summed E-state index contributed by atoms with van der Waals surface area (Å²) in [7, 11) is 0. The van der Waals surface area contributed by atoms with Gasteiger partial charge in [-0.1, -0.05) is 18.2 Å². The standard InChI is InChI=1S/C27H36N4O6/c1-27(2,3)37-26(36)31-12-6-9-22(31)24(33)30-13-10-17(11-14-30)23(32)29-21(25(34)35)15-18-16-28-20-8-5-4-7-19(18)20/h4-5,7-8,16-17,21-22,28H,6,9-15H2,1-3H3,(H,29,32)(H,34,35). The van der Waals surface area contributed by atoms with Crippen LogP contribution in [0.5, 0.6) is 0 Å². The highest BCUT2D eigenvalue weighted by molar-refractivity contribution is 5.88. The number of carboxylic acids is 1. The second-order valence-electron chi connectivity index (χ2n) is 10.9. The van der Waals surface area contributed by atoms with Gasteiger partial charge in [0.25, 0.3) is 0 Å². The fraction of sp³-hybridized carbons (Fsp3) is 0.556.